The Bertz CT molecular complexity index is 2270. The highest BCUT2D eigenvalue weighted by Gasteiger charge is 2.55. The lowest BCUT2D eigenvalue weighted by atomic mass is 9.52. The number of thiol groups is 1. The number of methoxy groups -OCH3 is 1. The van der Waals surface area contributed by atoms with Gasteiger partial charge in [0.05, 0.1) is 20.3 Å². The zero-order valence-corrected chi connectivity index (χ0v) is 34.1. The van der Waals surface area contributed by atoms with Gasteiger partial charge in [0, 0.05) is 56.9 Å². The van der Waals surface area contributed by atoms with E-state index >= 15 is 0 Å². The molecule has 2 fully saturated rings. The van der Waals surface area contributed by atoms with E-state index in [9.17, 15) is 0 Å². The fourth-order valence-corrected chi connectivity index (χ4v) is 12.1. The van der Waals surface area contributed by atoms with Crippen molar-refractivity contribution >= 4 is 46.9 Å². The van der Waals surface area contributed by atoms with Crippen LogP contribution in [0.5, 0.6) is 11.5 Å². The van der Waals surface area contributed by atoms with E-state index in [4.69, 9.17) is 26.8 Å². The molecule has 2 heterocycles. The maximum absolute atomic E-state index is 7.81. The normalized spacial score (nSPS) is 21.7. The quantitative estimate of drug-likeness (QED) is 0.138. The van der Waals surface area contributed by atoms with E-state index in [-0.39, 0.29) is 16.2 Å². The van der Waals surface area contributed by atoms with Crippen LogP contribution in [-0.2, 0) is 21.5 Å². The Hall–Kier alpha value is -3.84. The second-order valence-electron chi connectivity index (χ2n) is 17.4. The van der Waals surface area contributed by atoms with Crippen molar-refractivity contribution in [2.24, 2.45) is 10.8 Å². The molecule has 9 rings (SSSR count). The molecule has 0 radical (unpaired) electrons. The monoisotopic (exact) mass is 753 g/mol. The van der Waals surface area contributed by atoms with Gasteiger partial charge in [-0.3, -0.25) is 0 Å². The molecular weight excluding hydrogens is 703 g/mol. The minimum absolute atomic E-state index is 0.150. The Morgan fingerprint density at radius 1 is 0.815 bits per heavy atom. The third-order valence-electron chi connectivity index (χ3n) is 12.5. The van der Waals surface area contributed by atoms with Crippen molar-refractivity contribution in [2.45, 2.75) is 68.6 Å². The standard InChI is InChI=1S/C48H51NO3S2/c1-45(2)28-46(3,4)30-47(29-45)40-10-8-7-9-36(40)42-38-25-31(27-53)41(54-6)26-39(38)44-37(43(42)47)19-20-48(52-44,33-13-17-35(50-5)18-14-33)32-11-15-34(16-12-32)49-21-23-51-24-22-49/h7-20,25-26,53H,21-24,27-30H2,1-6H3. The summed E-state index contributed by atoms with van der Waals surface area (Å²) in [6.45, 7) is 13.2. The number of benzene rings is 5. The molecule has 0 amide bonds. The predicted octanol–water partition coefficient (Wildman–Crippen LogP) is 11.7. The molecule has 1 spiro atoms. The molecule has 0 N–H and O–H groups in total. The molecule has 5 aromatic carbocycles. The molecule has 2 aliphatic heterocycles. The lowest BCUT2D eigenvalue weighted by Crippen LogP contribution is -2.44. The van der Waals surface area contributed by atoms with E-state index < -0.39 is 5.60 Å². The Balaban J connectivity index is 1.34. The van der Waals surface area contributed by atoms with Gasteiger partial charge in [-0.25, -0.2) is 0 Å². The first-order chi connectivity index (χ1) is 26.0. The average Bonchev–Trinajstić information content (AvgIpc) is 3.44. The van der Waals surface area contributed by atoms with Crippen molar-refractivity contribution in [3.63, 3.8) is 0 Å². The number of hydrogen-bond donors (Lipinski definition) is 1. The molecule has 4 aliphatic rings. The first kappa shape index (κ1) is 35.8. The van der Waals surface area contributed by atoms with Crippen LogP contribution in [0.1, 0.15) is 80.3 Å². The first-order valence-electron chi connectivity index (χ1n) is 19.4. The molecule has 6 heteroatoms. The molecule has 1 unspecified atom stereocenters. The Labute approximate surface area is 330 Å². The topological polar surface area (TPSA) is 30.9 Å². The number of thioether (sulfide) groups is 1. The molecule has 2 aliphatic carbocycles. The molecule has 1 saturated heterocycles. The molecule has 278 valence electrons. The Morgan fingerprint density at radius 2 is 1.48 bits per heavy atom. The van der Waals surface area contributed by atoms with Crippen LogP contribution in [0.2, 0.25) is 0 Å². The van der Waals surface area contributed by atoms with Gasteiger partial charge in [-0.2, -0.15) is 12.6 Å². The minimum Gasteiger partial charge on any atom is -0.497 e. The summed E-state index contributed by atoms with van der Waals surface area (Å²) in [6.07, 6.45) is 10.3. The van der Waals surface area contributed by atoms with Crippen LogP contribution in [-0.4, -0.2) is 39.7 Å². The third-order valence-corrected chi connectivity index (χ3v) is 13.7. The molecule has 5 aromatic rings. The number of rotatable bonds is 6. The molecule has 1 saturated carbocycles. The van der Waals surface area contributed by atoms with E-state index in [2.05, 4.69) is 136 Å². The van der Waals surface area contributed by atoms with Crippen molar-refractivity contribution in [3.8, 4) is 22.6 Å². The van der Waals surface area contributed by atoms with Crippen molar-refractivity contribution in [2.75, 3.05) is 44.6 Å². The molecule has 54 heavy (non-hydrogen) atoms. The molecule has 0 bridgehead atoms. The molecule has 4 nitrogen and oxygen atoms in total. The molecule has 1 atom stereocenters. The van der Waals surface area contributed by atoms with Gasteiger partial charge >= 0.3 is 0 Å². The van der Waals surface area contributed by atoms with Crippen molar-refractivity contribution < 1.29 is 14.2 Å². The zero-order valence-electron chi connectivity index (χ0n) is 32.4. The van der Waals surface area contributed by atoms with Crippen LogP contribution >= 0.6 is 24.4 Å². The second-order valence-corrected chi connectivity index (χ2v) is 18.6. The number of ether oxygens (including phenoxy) is 3. The summed E-state index contributed by atoms with van der Waals surface area (Å²) in [6, 6.07) is 31.5. The Morgan fingerprint density at radius 3 is 2.13 bits per heavy atom. The van der Waals surface area contributed by atoms with Crippen LogP contribution in [0.15, 0.2) is 95.9 Å². The van der Waals surface area contributed by atoms with Crippen molar-refractivity contribution in [1.29, 1.82) is 0 Å². The summed E-state index contributed by atoms with van der Waals surface area (Å²) in [5, 5.41) is 2.42. The predicted molar refractivity (Wildman–Crippen MR) is 229 cm³/mol. The second kappa shape index (κ2) is 13.1. The van der Waals surface area contributed by atoms with Gasteiger partial charge in [-0.15, -0.1) is 11.8 Å². The maximum Gasteiger partial charge on any atom is 0.178 e. The number of morpholine rings is 1. The van der Waals surface area contributed by atoms with Crippen LogP contribution < -0.4 is 14.4 Å². The van der Waals surface area contributed by atoms with Crippen LogP contribution in [0.25, 0.3) is 28.0 Å². The summed E-state index contributed by atoms with van der Waals surface area (Å²) < 4.78 is 19.1. The number of nitrogens with zero attached hydrogens (tertiary/aromatic N) is 1. The van der Waals surface area contributed by atoms with Crippen molar-refractivity contribution in [1.82, 2.24) is 0 Å². The van der Waals surface area contributed by atoms with Gasteiger partial charge in [0.2, 0.25) is 0 Å². The van der Waals surface area contributed by atoms with E-state index in [1.54, 1.807) is 18.9 Å². The first-order valence-corrected chi connectivity index (χ1v) is 21.3. The summed E-state index contributed by atoms with van der Waals surface area (Å²) >= 11 is 6.66. The number of hydrogen-bond acceptors (Lipinski definition) is 6. The van der Waals surface area contributed by atoms with Crippen molar-refractivity contribution in [3.05, 3.63) is 124 Å². The number of anilines is 1. The van der Waals surface area contributed by atoms with E-state index in [0.717, 1.165) is 67.2 Å². The SMILES string of the molecule is COc1ccc(C2(c3ccc(N4CCOCC4)cc3)C=Cc3c4c(c5cc(CS)c(SC)cc5c3O2)-c2ccccc2C42CC(C)(C)CC(C)(C)C2)cc1. The van der Waals surface area contributed by atoms with E-state index in [0.29, 0.717) is 5.75 Å². The fraction of sp³-hybridized carbons (Fsp3) is 0.375. The zero-order chi connectivity index (χ0) is 37.5. The lowest BCUT2D eigenvalue weighted by molar-refractivity contribution is 0.0642. The average molecular weight is 754 g/mol. The summed E-state index contributed by atoms with van der Waals surface area (Å²) in [7, 11) is 1.72. The largest absolute Gasteiger partial charge is 0.497 e. The highest BCUT2D eigenvalue weighted by molar-refractivity contribution is 7.98. The molecule has 0 aromatic heterocycles. The maximum atomic E-state index is 7.81. The van der Waals surface area contributed by atoms with Crippen LogP contribution in [0.3, 0.4) is 0 Å². The highest BCUT2D eigenvalue weighted by atomic mass is 32.2. The van der Waals surface area contributed by atoms with Gasteiger partial charge in [0.1, 0.15) is 11.5 Å². The van der Waals surface area contributed by atoms with Gasteiger partial charge in [-0.05, 0) is 112 Å². The van der Waals surface area contributed by atoms with Gasteiger partial charge < -0.3 is 19.1 Å². The lowest BCUT2D eigenvalue weighted by Gasteiger charge is -2.52. The van der Waals surface area contributed by atoms with E-state index in [1.165, 1.54) is 55.8 Å². The Kier molecular flexibility index (Phi) is 8.72. The van der Waals surface area contributed by atoms with Gasteiger partial charge in [0.25, 0.3) is 0 Å². The van der Waals surface area contributed by atoms with Crippen LogP contribution in [0.4, 0.5) is 5.69 Å². The third kappa shape index (κ3) is 5.61. The minimum atomic E-state index is -0.866. The molecular formula is C48H51NO3S2. The van der Waals surface area contributed by atoms with Gasteiger partial charge in [-0.1, -0.05) is 82.3 Å². The highest BCUT2D eigenvalue weighted by Crippen LogP contribution is 2.67. The summed E-state index contributed by atoms with van der Waals surface area (Å²) in [5.41, 5.74) is 10.8. The number of fused-ring (bicyclic) bond motifs is 10. The van der Waals surface area contributed by atoms with Crippen LogP contribution in [0, 0.1) is 10.8 Å². The smallest absolute Gasteiger partial charge is 0.178 e. The fourth-order valence-electron chi connectivity index (χ4n) is 11.1. The summed E-state index contributed by atoms with van der Waals surface area (Å²) in [4.78, 5) is 3.65. The van der Waals surface area contributed by atoms with Gasteiger partial charge in [0.15, 0.2) is 5.60 Å². The van der Waals surface area contributed by atoms with E-state index in [1.807, 2.05) is 0 Å². The summed E-state index contributed by atoms with van der Waals surface area (Å²) in [5.74, 6) is 2.47.